The van der Waals surface area contributed by atoms with E-state index in [4.69, 9.17) is 4.74 Å². The molecule has 1 aliphatic heterocycles. The van der Waals surface area contributed by atoms with Gasteiger partial charge in [0.15, 0.2) is 5.90 Å². The third kappa shape index (κ3) is 6.32. The fourth-order valence-corrected chi connectivity index (χ4v) is 1.73. The SMILES string of the molecule is CCCCCCCCCC1=NC=CCO1. The van der Waals surface area contributed by atoms with Crippen molar-refractivity contribution in [3.05, 3.63) is 12.3 Å². The average molecular weight is 209 g/mol. The zero-order valence-corrected chi connectivity index (χ0v) is 9.87. The van der Waals surface area contributed by atoms with Crippen LogP contribution in [0.2, 0.25) is 0 Å². The number of hydrogen-bond donors (Lipinski definition) is 0. The van der Waals surface area contributed by atoms with Gasteiger partial charge in [0, 0.05) is 12.6 Å². The van der Waals surface area contributed by atoms with Gasteiger partial charge in [-0.1, -0.05) is 45.4 Å². The average Bonchev–Trinajstić information content (AvgIpc) is 2.29. The lowest BCUT2D eigenvalue weighted by Crippen LogP contribution is -2.07. The van der Waals surface area contributed by atoms with E-state index in [1.54, 1.807) is 0 Å². The predicted octanol–water partition coefficient (Wildman–Crippen LogP) is 4.07. The maximum atomic E-state index is 5.39. The highest BCUT2D eigenvalue weighted by atomic mass is 16.5. The lowest BCUT2D eigenvalue weighted by Gasteiger charge is -2.09. The van der Waals surface area contributed by atoms with Crippen LogP contribution in [0.3, 0.4) is 0 Å². The summed E-state index contributed by atoms with van der Waals surface area (Å²) in [5.41, 5.74) is 0. The van der Waals surface area contributed by atoms with Gasteiger partial charge >= 0.3 is 0 Å². The standard InChI is InChI=1S/C13H23NO/c1-2-3-4-5-6-7-8-10-13-14-11-9-12-15-13/h9,11H,2-8,10,12H2,1H3. The van der Waals surface area contributed by atoms with Crippen LogP contribution in [0.1, 0.15) is 58.3 Å². The van der Waals surface area contributed by atoms with E-state index < -0.39 is 0 Å². The van der Waals surface area contributed by atoms with Crippen molar-refractivity contribution in [2.24, 2.45) is 4.99 Å². The molecule has 0 N–H and O–H groups in total. The lowest BCUT2D eigenvalue weighted by atomic mass is 10.1. The molecule has 0 aromatic heterocycles. The molecule has 0 bridgehead atoms. The fraction of sp³-hybridized carbons (Fsp3) is 0.769. The maximum absolute atomic E-state index is 5.39. The van der Waals surface area contributed by atoms with Crippen molar-refractivity contribution in [1.29, 1.82) is 0 Å². The molecular formula is C13H23NO. The number of nitrogens with zero attached hydrogens (tertiary/aromatic N) is 1. The molecule has 0 aromatic rings. The van der Waals surface area contributed by atoms with E-state index in [-0.39, 0.29) is 0 Å². The summed E-state index contributed by atoms with van der Waals surface area (Å²) >= 11 is 0. The Morgan fingerprint density at radius 3 is 2.53 bits per heavy atom. The molecule has 0 saturated heterocycles. The van der Waals surface area contributed by atoms with Gasteiger partial charge in [0.1, 0.15) is 6.61 Å². The summed E-state index contributed by atoms with van der Waals surface area (Å²) in [6.07, 6.45) is 14.2. The van der Waals surface area contributed by atoms with Crippen molar-refractivity contribution in [2.75, 3.05) is 6.61 Å². The second-order valence-electron chi connectivity index (χ2n) is 4.09. The molecule has 2 nitrogen and oxygen atoms in total. The van der Waals surface area contributed by atoms with Gasteiger partial charge in [-0.25, -0.2) is 4.99 Å². The van der Waals surface area contributed by atoms with Crippen LogP contribution in [-0.2, 0) is 4.74 Å². The Labute approximate surface area is 93.4 Å². The fourth-order valence-electron chi connectivity index (χ4n) is 1.73. The van der Waals surface area contributed by atoms with Gasteiger partial charge in [-0.15, -0.1) is 0 Å². The maximum Gasteiger partial charge on any atom is 0.188 e. The van der Waals surface area contributed by atoms with E-state index in [1.165, 1.54) is 44.9 Å². The zero-order valence-electron chi connectivity index (χ0n) is 9.87. The topological polar surface area (TPSA) is 21.6 Å². The predicted molar refractivity (Wildman–Crippen MR) is 65.1 cm³/mol. The number of aliphatic imine (C=N–C) groups is 1. The van der Waals surface area contributed by atoms with Crippen LogP contribution >= 0.6 is 0 Å². The van der Waals surface area contributed by atoms with Gasteiger partial charge in [0.2, 0.25) is 0 Å². The first-order chi connectivity index (χ1) is 7.43. The normalized spacial score (nSPS) is 14.9. The van der Waals surface area contributed by atoms with E-state index in [0.717, 1.165) is 12.3 Å². The van der Waals surface area contributed by atoms with E-state index in [2.05, 4.69) is 11.9 Å². The van der Waals surface area contributed by atoms with Crippen LogP contribution in [0, 0.1) is 0 Å². The molecule has 0 amide bonds. The van der Waals surface area contributed by atoms with Gasteiger partial charge in [-0.3, -0.25) is 0 Å². The molecule has 1 aliphatic rings. The minimum absolute atomic E-state index is 0.704. The van der Waals surface area contributed by atoms with Crippen molar-refractivity contribution in [2.45, 2.75) is 58.3 Å². The molecule has 1 rings (SSSR count). The summed E-state index contributed by atoms with van der Waals surface area (Å²) in [6.45, 7) is 2.96. The Hall–Kier alpha value is -0.790. The van der Waals surface area contributed by atoms with E-state index in [0.29, 0.717) is 6.61 Å². The number of hydrogen-bond acceptors (Lipinski definition) is 2. The molecule has 0 spiro atoms. The summed E-state index contributed by atoms with van der Waals surface area (Å²) in [5, 5.41) is 0. The Morgan fingerprint density at radius 1 is 1.13 bits per heavy atom. The van der Waals surface area contributed by atoms with Crippen LogP contribution < -0.4 is 0 Å². The number of ether oxygens (including phenoxy) is 1. The van der Waals surface area contributed by atoms with Crippen molar-refractivity contribution in [3.8, 4) is 0 Å². The molecule has 15 heavy (non-hydrogen) atoms. The molecule has 0 radical (unpaired) electrons. The highest BCUT2D eigenvalue weighted by Gasteiger charge is 2.01. The van der Waals surface area contributed by atoms with Crippen molar-refractivity contribution in [3.63, 3.8) is 0 Å². The highest BCUT2D eigenvalue weighted by molar-refractivity contribution is 5.77. The van der Waals surface area contributed by atoms with E-state index in [1.807, 2.05) is 12.3 Å². The first-order valence-electron chi connectivity index (χ1n) is 6.28. The zero-order chi connectivity index (χ0) is 10.8. The summed E-state index contributed by atoms with van der Waals surface area (Å²) in [6, 6.07) is 0. The number of rotatable bonds is 8. The summed E-state index contributed by atoms with van der Waals surface area (Å²) in [4.78, 5) is 4.19. The summed E-state index contributed by atoms with van der Waals surface area (Å²) in [5.74, 6) is 0.922. The first kappa shape index (κ1) is 12.3. The van der Waals surface area contributed by atoms with Crippen LogP contribution in [-0.4, -0.2) is 12.5 Å². The van der Waals surface area contributed by atoms with Crippen molar-refractivity contribution in [1.82, 2.24) is 0 Å². The Morgan fingerprint density at radius 2 is 1.87 bits per heavy atom. The summed E-state index contributed by atoms with van der Waals surface area (Å²) < 4.78 is 5.39. The van der Waals surface area contributed by atoms with Crippen molar-refractivity contribution < 1.29 is 4.74 Å². The van der Waals surface area contributed by atoms with Gasteiger partial charge in [0.25, 0.3) is 0 Å². The molecule has 0 saturated carbocycles. The molecule has 2 heteroatoms. The van der Waals surface area contributed by atoms with E-state index >= 15 is 0 Å². The largest absolute Gasteiger partial charge is 0.476 e. The molecule has 86 valence electrons. The van der Waals surface area contributed by atoms with Gasteiger partial charge < -0.3 is 4.74 Å². The van der Waals surface area contributed by atoms with Gasteiger partial charge in [-0.05, 0) is 12.5 Å². The Balaban J connectivity index is 1.88. The second-order valence-corrected chi connectivity index (χ2v) is 4.09. The Bertz CT molecular complexity index is 209. The molecule has 0 unspecified atom stereocenters. The second kappa shape index (κ2) is 8.51. The third-order valence-corrected chi connectivity index (χ3v) is 2.66. The minimum Gasteiger partial charge on any atom is -0.476 e. The number of unbranched alkanes of at least 4 members (excludes halogenated alkanes) is 6. The quantitative estimate of drug-likeness (QED) is 0.552. The third-order valence-electron chi connectivity index (χ3n) is 2.66. The molecule has 1 heterocycles. The smallest absolute Gasteiger partial charge is 0.188 e. The molecule has 0 fully saturated rings. The highest BCUT2D eigenvalue weighted by Crippen LogP contribution is 2.10. The molecule has 0 aromatic carbocycles. The van der Waals surface area contributed by atoms with Gasteiger partial charge in [-0.2, -0.15) is 0 Å². The summed E-state index contributed by atoms with van der Waals surface area (Å²) in [7, 11) is 0. The first-order valence-corrected chi connectivity index (χ1v) is 6.28. The van der Waals surface area contributed by atoms with Crippen LogP contribution in [0.5, 0.6) is 0 Å². The Kier molecular flexibility index (Phi) is 6.97. The molecule has 0 atom stereocenters. The van der Waals surface area contributed by atoms with Crippen molar-refractivity contribution >= 4 is 5.90 Å². The molecular weight excluding hydrogens is 186 g/mol. The van der Waals surface area contributed by atoms with Crippen LogP contribution in [0.4, 0.5) is 0 Å². The van der Waals surface area contributed by atoms with Gasteiger partial charge in [0.05, 0.1) is 0 Å². The minimum atomic E-state index is 0.704. The van der Waals surface area contributed by atoms with Crippen LogP contribution in [0.15, 0.2) is 17.3 Å². The van der Waals surface area contributed by atoms with Crippen LogP contribution in [0.25, 0.3) is 0 Å². The molecule has 0 aliphatic carbocycles. The lowest BCUT2D eigenvalue weighted by molar-refractivity contribution is 0.331. The monoisotopic (exact) mass is 209 g/mol. The van der Waals surface area contributed by atoms with E-state index in [9.17, 15) is 0 Å².